The van der Waals surface area contributed by atoms with E-state index < -0.39 is 6.04 Å². The molecule has 240 valence electrons. The highest BCUT2D eigenvalue weighted by Crippen LogP contribution is 2.39. The molecule has 0 saturated heterocycles. The molecule has 1 aliphatic heterocycles. The number of nitrogens with one attached hydrogen (secondary N) is 2. The van der Waals surface area contributed by atoms with Crippen molar-refractivity contribution in [3.05, 3.63) is 92.3 Å². The van der Waals surface area contributed by atoms with Crippen LogP contribution < -0.4 is 16.4 Å². The van der Waals surface area contributed by atoms with E-state index >= 15 is 0 Å². The van der Waals surface area contributed by atoms with Crippen molar-refractivity contribution in [2.75, 3.05) is 18.4 Å². The lowest BCUT2D eigenvalue weighted by molar-refractivity contribution is -0.121. The number of carbonyl (C=O) groups excluding carboxylic acids is 2. The molecular weight excluding hydrogens is 641 g/mol. The van der Waals surface area contributed by atoms with Crippen molar-refractivity contribution in [1.29, 1.82) is 0 Å². The smallest absolute Gasteiger partial charge is 0.224 e. The van der Waals surface area contributed by atoms with E-state index in [9.17, 15) is 9.59 Å². The number of hydrogen-bond acceptors (Lipinski definition) is 7. The van der Waals surface area contributed by atoms with Crippen molar-refractivity contribution in [1.82, 2.24) is 20.1 Å². The Balaban J connectivity index is 0.00000480. The summed E-state index contributed by atoms with van der Waals surface area (Å²) in [7, 11) is 0. The molecule has 1 unspecified atom stereocenters. The lowest BCUT2D eigenvalue weighted by atomic mass is 9.99. The van der Waals surface area contributed by atoms with Crippen LogP contribution in [0.15, 0.2) is 53.5 Å². The molecule has 0 aliphatic carbocycles. The van der Waals surface area contributed by atoms with E-state index in [0.29, 0.717) is 29.5 Å². The molecule has 4 aromatic rings. The van der Waals surface area contributed by atoms with Gasteiger partial charge in [0.05, 0.1) is 18.7 Å². The molecule has 1 aliphatic rings. The summed E-state index contributed by atoms with van der Waals surface area (Å²) in [5.74, 6) is 7.02. The van der Waals surface area contributed by atoms with Crippen molar-refractivity contribution >= 4 is 58.6 Å². The summed E-state index contributed by atoms with van der Waals surface area (Å²) < 4.78 is 2.04. The maximum absolute atomic E-state index is 13.2. The second kappa shape index (κ2) is 16.0. The molecule has 2 amide bonds. The first-order valence-electron chi connectivity index (χ1n) is 15.0. The molecule has 1 atom stereocenters. The molecule has 9 nitrogen and oxygen atoms in total. The fraction of sp³-hybridized carbons (Fsp3) is 0.324. The lowest BCUT2D eigenvalue weighted by Gasteiger charge is -2.13. The van der Waals surface area contributed by atoms with E-state index in [1.807, 2.05) is 60.0 Å². The van der Waals surface area contributed by atoms with Gasteiger partial charge in [-0.1, -0.05) is 48.1 Å². The standard InChI is InChI=1S/C34H36ClN7O2S.ClH/c1-21-22(2)45-34-31(21)32(25-13-15-26(35)16-14-25)39-28(33-41-40-23(3)42(33)34)20-30(44)37-18-6-4-5-12-29(43)38-27-11-7-9-24(19-27)10-8-17-36;/h7,9,11,13-16,19,28H,4-6,12,17-18,20,36H2,1-3H3,(H,37,44)(H,38,43);1H. The van der Waals surface area contributed by atoms with E-state index in [1.54, 1.807) is 11.3 Å². The van der Waals surface area contributed by atoms with Gasteiger partial charge < -0.3 is 16.4 Å². The molecule has 0 radical (unpaired) electrons. The Morgan fingerprint density at radius 1 is 1.04 bits per heavy atom. The van der Waals surface area contributed by atoms with Gasteiger partial charge in [0, 0.05) is 45.2 Å². The summed E-state index contributed by atoms with van der Waals surface area (Å²) in [6.07, 6.45) is 2.83. The fourth-order valence-electron chi connectivity index (χ4n) is 5.25. The molecule has 12 heteroatoms. The fourth-order valence-corrected chi connectivity index (χ4v) is 6.59. The number of halogens is 2. The third-order valence-electron chi connectivity index (χ3n) is 7.62. The number of nitrogens with two attached hydrogens (primary N) is 1. The highest BCUT2D eigenvalue weighted by molar-refractivity contribution is 7.15. The van der Waals surface area contributed by atoms with Crippen LogP contribution >= 0.6 is 35.3 Å². The van der Waals surface area contributed by atoms with Crippen molar-refractivity contribution in [2.24, 2.45) is 10.7 Å². The Bertz CT molecular complexity index is 1800. The number of unbranched alkanes of at least 4 members (excludes halogenated alkanes) is 2. The molecule has 46 heavy (non-hydrogen) atoms. The summed E-state index contributed by atoms with van der Waals surface area (Å²) in [6, 6.07) is 14.5. The van der Waals surface area contributed by atoms with E-state index in [1.165, 1.54) is 4.88 Å². The lowest BCUT2D eigenvalue weighted by Crippen LogP contribution is -2.26. The molecule has 0 bridgehead atoms. The van der Waals surface area contributed by atoms with Gasteiger partial charge in [0.25, 0.3) is 0 Å². The average Bonchev–Trinajstić information content (AvgIpc) is 3.50. The van der Waals surface area contributed by atoms with Gasteiger partial charge in [-0.3, -0.25) is 19.1 Å². The monoisotopic (exact) mass is 677 g/mol. The van der Waals surface area contributed by atoms with Crippen LogP contribution in [0.2, 0.25) is 5.02 Å². The summed E-state index contributed by atoms with van der Waals surface area (Å²) >= 11 is 7.88. The average molecular weight is 679 g/mol. The largest absolute Gasteiger partial charge is 0.356 e. The first kappa shape index (κ1) is 34.9. The first-order valence-corrected chi connectivity index (χ1v) is 16.2. The summed E-state index contributed by atoms with van der Waals surface area (Å²) in [5, 5.41) is 16.4. The van der Waals surface area contributed by atoms with Crippen LogP contribution in [-0.2, 0) is 9.59 Å². The molecule has 0 spiro atoms. The number of thiophene rings is 1. The van der Waals surface area contributed by atoms with E-state index in [0.717, 1.165) is 58.1 Å². The minimum atomic E-state index is -0.514. The number of aryl methyl sites for hydroxylation is 2. The number of rotatable bonds is 10. The minimum absolute atomic E-state index is 0. The summed E-state index contributed by atoms with van der Waals surface area (Å²) in [5.41, 5.74) is 10.9. The molecule has 4 N–H and O–H groups in total. The van der Waals surface area contributed by atoms with E-state index in [2.05, 4.69) is 46.5 Å². The van der Waals surface area contributed by atoms with Crippen LogP contribution in [-0.4, -0.2) is 45.4 Å². The number of aromatic nitrogens is 3. The second-order valence-corrected chi connectivity index (χ2v) is 12.5. The zero-order valence-corrected chi connectivity index (χ0v) is 28.4. The highest BCUT2D eigenvalue weighted by Gasteiger charge is 2.32. The molecule has 3 heterocycles. The SMILES string of the molecule is Cc1sc2c(c1C)C(c1ccc(Cl)cc1)=NC(CC(=O)NCCCCCC(=O)Nc1cccc(C#CCN)c1)c1nnc(C)n1-2.Cl. The van der Waals surface area contributed by atoms with Crippen LogP contribution in [0.1, 0.15) is 76.9 Å². The van der Waals surface area contributed by atoms with E-state index in [-0.39, 0.29) is 37.2 Å². The van der Waals surface area contributed by atoms with Crippen LogP contribution in [0.3, 0.4) is 0 Å². The van der Waals surface area contributed by atoms with Gasteiger partial charge >= 0.3 is 0 Å². The topological polar surface area (TPSA) is 127 Å². The predicted octanol–water partition coefficient (Wildman–Crippen LogP) is 6.24. The number of fused-ring (bicyclic) bond motifs is 3. The number of nitrogens with zero attached hydrogens (tertiary/aromatic N) is 4. The quantitative estimate of drug-likeness (QED) is 0.135. The normalized spacial score (nSPS) is 13.2. The van der Waals surface area contributed by atoms with E-state index in [4.69, 9.17) is 22.3 Å². The van der Waals surface area contributed by atoms with Gasteiger partial charge in [-0.2, -0.15) is 0 Å². The van der Waals surface area contributed by atoms with Gasteiger partial charge in [0.15, 0.2) is 5.82 Å². The van der Waals surface area contributed by atoms with Crippen molar-refractivity contribution < 1.29 is 9.59 Å². The zero-order chi connectivity index (χ0) is 31.9. The zero-order valence-electron chi connectivity index (χ0n) is 26.0. The van der Waals surface area contributed by atoms with Crippen molar-refractivity contribution in [3.63, 3.8) is 0 Å². The number of amides is 2. The van der Waals surface area contributed by atoms with Crippen LogP contribution in [0.25, 0.3) is 5.00 Å². The third-order valence-corrected chi connectivity index (χ3v) is 9.06. The number of hydrogen-bond donors (Lipinski definition) is 3. The van der Waals surface area contributed by atoms with Gasteiger partial charge in [0.2, 0.25) is 11.8 Å². The number of benzene rings is 2. The number of aliphatic imine (C=N–C) groups is 1. The Hall–Kier alpha value is -4.01. The number of carbonyl (C=O) groups is 2. The third kappa shape index (κ3) is 8.22. The van der Waals surface area contributed by atoms with Crippen molar-refractivity contribution in [2.45, 2.75) is 58.9 Å². The Morgan fingerprint density at radius 2 is 1.83 bits per heavy atom. The highest BCUT2D eigenvalue weighted by atomic mass is 35.5. The summed E-state index contributed by atoms with van der Waals surface area (Å²) in [4.78, 5) is 31.9. The Kier molecular flexibility index (Phi) is 12.1. The minimum Gasteiger partial charge on any atom is -0.356 e. The van der Waals surface area contributed by atoms with Crippen LogP contribution in [0, 0.1) is 32.6 Å². The maximum atomic E-state index is 13.2. The molecule has 2 aromatic carbocycles. The molecular formula is C34H37Cl2N7O2S. The van der Waals surface area contributed by atoms with Crippen LogP contribution in [0.5, 0.6) is 0 Å². The molecule has 0 saturated carbocycles. The maximum Gasteiger partial charge on any atom is 0.224 e. The van der Waals surface area contributed by atoms with Gasteiger partial charge in [-0.05, 0) is 69.5 Å². The Morgan fingerprint density at radius 3 is 2.59 bits per heavy atom. The van der Waals surface area contributed by atoms with Gasteiger partial charge in [0.1, 0.15) is 16.9 Å². The summed E-state index contributed by atoms with van der Waals surface area (Å²) in [6.45, 7) is 6.92. The predicted molar refractivity (Wildman–Crippen MR) is 188 cm³/mol. The Labute approximate surface area is 284 Å². The first-order chi connectivity index (χ1) is 21.7. The van der Waals surface area contributed by atoms with Gasteiger partial charge in [-0.15, -0.1) is 33.9 Å². The second-order valence-electron chi connectivity index (χ2n) is 10.9. The number of anilines is 1. The van der Waals surface area contributed by atoms with Crippen molar-refractivity contribution in [3.8, 4) is 16.8 Å². The van der Waals surface area contributed by atoms with Crippen LogP contribution in [0.4, 0.5) is 5.69 Å². The molecule has 0 fully saturated rings. The molecule has 2 aromatic heterocycles. The molecule has 5 rings (SSSR count). The van der Waals surface area contributed by atoms with Gasteiger partial charge in [-0.25, -0.2) is 0 Å².